The molecule has 26 rings (SSSR count). The maximum Gasteiger partial charge on any atom is 0.258 e. The number of hydrogen-bond acceptors (Lipinski definition) is 28. The number of nitrogens with zero attached hydrogens (tertiary/aromatic N) is 28. The van der Waals surface area contributed by atoms with Crippen molar-refractivity contribution in [2.45, 2.75) is 133 Å². The molecule has 0 spiro atoms. The van der Waals surface area contributed by atoms with Crippen molar-refractivity contribution in [3.05, 3.63) is 315 Å². The molecule has 38 nitrogen and oxygen atoms in total. The number of aryl methyl sites for hydroxylation is 10. The third-order valence-corrected chi connectivity index (χ3v) is 28.9. The number of aromatic nitrogens is 25. The molecule has 150 heavy (non-hydrogen) atoms. The van der Waals surface area contributed by atoms with E-state index in [2.05, 4.69) is 132 Å². The monoisotopic (exact) mass is 2010 g/mol. The standard InChI is InChI=1S/C24H27N7O.C23H24N6O.C22H25N7O.C22H22N6O.C21H23N7O/c1-3-4-19-22-7-21(28-31(22)11-15(2)26-19)20-8-24(32)30-14-18(5-6-23(30)27-20)29-12-16-9-25-10-17(16)13-29;1-3-4-18-21-11-20(27-29(21)13-15(2)25-18)19-12-23(30)28-14-17(5-6-22(28)26-19)16-7-9-24-10-8-16;1-3-17-20-11-19(26-29(20)13-15(2)24-17)18-12-22(30)28-14-16(5-6-21(28)25-18)27-9-4-7-23-8-10-27;1-3-17-20-10-19(26-28(20)12-14(2)24-17)18-11-22(29)27-13-16(4-5-21(27)25-18)15-6-8-23-9-7-15;1-13-10-28-19(14(2)23-13)7-18(25-28)17-8-21(29)27-12-16(3-4-20(27)24-17)26-6-5-15(9-22)11-26/h5-8,11,14,16-17,25H,3-4,9-10,12-13H2,1-2H3;5-7,11-14,24H,3-4,8-10H2,1-2H3;5-6,11-14,23H,3-4,7-10H2,1-2H3;4-6,10-13,23H,3,7-9H2,1-2H3;3-4,7-8,10,12,15H,5-6,9,11,22H2,1-2H3/t16-,17+;;;;15-/m....0/s1. The quantitative estimate of drug-likeness (QED) is 0.0565. The van der Waals surface area contributed by atoms with Crippen LogP contribution < -0.4 is 69.5 Å². The second-order valence-electron chi connectivity index (χ2n) is 39.7. The van der Waals surface area contributed by atoms with Crippen LogP contribution in [-0.4, -0.2) is 218 Å². The first-order valence-corrected chi connectivity index (χ1v) is 52.1. The van der Waals surface area contributed by atoms with Gasteiger partial charge in [0.25, 0.3) is 27.8 Å². The lowest BCUT2D eigenvalue weighted by atomic mass is 10.0. The Morgan fingerprint density at radius 1 is 0.327 bits per heavy atom. The molecule has 4 fully saturated rings. The molecule has 0 bridgehead atoms. The summed E-state index contributed by atoms with van der Waals surface area (Å²) in [5.74, 6) is 1.92. The minimum Gasteiger partial charge on any atom is -0.370 e. The summed E-state index contributed by atoms with van der Waals surface area (Å²) in [6.45, 7) is 34.5. The summed E-state index contributed by atoms with van der Waals surface area (Å²) in [5, 5.41) is 36.8. The van der Waals surface area contributed by atoms with Crippen molar-refractivity contribution in [3.8, 4) is 56.9 Å². The highest BCUT2D eigenvalue weighted by Gasteiger charge is 2.37. The van der Waals surface area contributed by atoms with Crippen molar-refractivity contribution in [2.24, 2.45) is 23.5 Å². The van der Waals surface area contributed by atoms with Crippen LogP contribution in [0.2, 0.25) is 0 Å². The predicted molar refractivity (Wildman–Crippen MR) is 584 cm³/mol. The summed E-state index contributed by atoms with van der Waals surface area (Å²) in [4.78, 5) is 118. The molecule has 6 N–H and O–H groups in total. The van der Waals surface area contributed by atoms with Crippen LogP contribution in [0, 0.1) is 59.3 Å². The molecule has 4 saturated heterocycles. The summed E-state index contributed by atoms with van der Waals surface area (Å²) in [6, 6.07) is 37.4. The van der Waals surface area contributed by atoms with Crippen LogP contribution in [-0.2, 0) is 25.7 Å². The van der Waals surface area contributed by atoms with Gasteiger partial charge in [0, 0.05) is 133 Å². The van der Waals surface area contributed by atoms with Gasteiger partial charge in [-0.25, -0.2) is 47.5 Å². The molecule has 6 aliphatic heterocycles. The highest BCUT2D eigenvalue weighted by Crippen LogP contribution is 2.35. The number of anilines is 3. The Kier molecular flexibility index (Phi) is 27.6. The van der Waals surface area contributed by atoms with Crippen LogP contribution in [0.5, 0.6) is 0 Å². The van der Waals surface area contributed by atoms with E-state index in [1.54, 1.807) is 56.9 Å². The van der Waals surface area contributed by atoms with Gasteiger partial charge >= 0.3 is 0 Å². The van der Waals surface area contributed by atoms with E-state index in [9.17, 15) is 24.0 Å². The number of nitrogens with two attached hydrogens (primary N) is 1. The van der Waals surface area contributed by atoms with Crippen LogP contribution in [0.4, 0.5) is 17.1 Å². The highest BCUT2D eigenvalue weighted by molar-refractivity contribution is 5.75. The summed E-state index contributed by atoms with van der Waals surface area (Å²) >= 11 is 0. The zero-order chi connectivity index (χ0) is 103. The van der Waals surface area contributed by atoms with Gasteiger partial charge in [-0.3, -0.25) is 70.9 Å². The highest BCUT2D eigenvalue weighted by atomic mass is 16.1. The zero-order valence-electron chi connectivity index (χ0n) is 86.0. The summed E-state index contributed by atoms with van der Waals surface area (Å²) in [7, 11) is 0. The predicted octanol–water partition coefficient (Wildman–Crippen LogP) is 11.9. The van der Waals surface area contributed by atoms with Crippen molar-refractivity contribution in [1.82, 2.24) is 141 Å². The molecule has 20 aromatic heterocycles. The van der Waals surface area contributed by atoms with Crippen molar-refractivity contribution in [2.75, 3.05) is 113 Å². The lowest BCUT2D eigenvalue weighted by Gasteiger charge is -2.22. The molecule has 0 aliphatic carbocycles. The fourth-order valence-corrected chi connectivity index (χ4v) is 21.3. The molecule has 0 aromatic carbocycles. The van der Waals surface area contributed by atoms with Crippen LogP contribution in [0.15, 0.2) is 219 Å². The summed E-state index contributed by atoms with van der Waals surface area (Å²) < 4.78 is 17.2. The Labute approximate surface area is 862 Å². The number of fused-ring (bicyclic) bond motifs is 11. The summed E-state index contributed by atoms with van der Waals surface area (Å²) in [5.41, 5.74) is 36.7. The minimum absolute atomic E-state index is 0.0898. The van der Waals surface area contributed by atoms with Gasteiger partial charge in [-0.1, -0.05) is 52.7 Å². The molecule has 0 radical (unpaired) electrons. The van der Waals surface area contributed by atoms with Crippen LogP contribution >= 0.6 is 0 Å². The largest absolute Gasteiger partial charge is 0.370 e. The average molecular weight is 2010 g/mol. The first kappa shape index (κ1) is 98.3. The van der Waals surface area contributed by atoms with Crippen LogP contribution in [0.3, 0.4) is 0 Å². The molecule has 0 amide bonds. The molecule has 3 atom stereocenters. The van der Waals surface area contributed by atoms with E-state index in [0.29, 0.717) is 109 Å². The van der Waals surface area contributed by atoms with Gasteiger partial charge in [0.05, 0.1) is 161 Å². The normalized spacial score (nSPS) is 16.3. The second kappa shape index (κ2) is 42.1. The SMILES string of the molecule is CCCc1nc(C)cn2nc(-c3cc(=O)n4cc(C5=CCNCC5)ccc4n3)cc12.CCCc1nc(C)cn2nc(-c3cc(=O)n4cc(N5C[C@H]6CNC[C@H]6C5)ccc4n3)cc12.CCc1nc(C)cn2nc(-c3cc(=O)n4cc(C5=CCNCC5)ccc4n3)cc12.CCc1nc(C)cn2nc(-c3cc(=O)n4cc(N5CCCNCC5)ccc4n3)cc12.Cc1cn2nc(-c3cc(=O)n4cc(N5CC[C@@H](CN)C5)ccc4n3)cc2c(C)n1. The third kappa shape index (κ3) is 20.3. The van der Waals surface area contributed by atoms with Gasteiger partial charge in [-0.2, -0.15) is 25.5 Å². The second-order valence-corrected chi connectivity index (χ2v) is 39.7. The Bertz CT molecular complexity index is 9020. The molecule has 0 unspecified atom stereocenters. The fraction of sp³-hybridized carbons (Fsp3) is 0.339. The fourth-order valence-electron chi connectivity index (χ4n) is 21.3. The molecule has 38 heteroatoms. The van der Waals surface area contributed by atoms with E-state index < -0.39 is 0 Å². The maximum atomic E-state index is 13.0. The lowest BCUT2D eigenvalue weighted by molar-refractivity contribution is 0.533. The molecular weight excluding hydrogens is 1890 g/mol. The molecule has 0 saturated carbocycles. The van der Waals surface area contributed by atoms with Crippen molar-refractivity contribution in [3.63, 3.8) is 0 Å². The van der Waals surface area contributed by atoms with Crippen molar-refractivity contribution < 1.29 is 0 Å². The molecule has 764 valence electrons. The Morgan fingerprint density at radius 3 is 1.05 bits per heavy atom. The Hall–Kier alpha value is -16.4. The number of pyridine rings is 5. The van der Waals surface area contributed by atoms with E-state index >= 15 is 0 Å². The molecule has 6 aliphatic rings. The van der Waals surface area contributed by atoms with E-state index in [0.717, 1.165) is 269 Å². The first-order chi connectivity index (χ1) is 73.0. The van der Waals surface area contributed by atoms with Crippen LogP contribution in [0.25, 0.3) is 124 Å². The van der Waals surface area contributed by atoms with E-state index in [1.165, 1.54) is 11.1 Å². The first-order valence-electron chi connectivity index (χ1n) is 52.1. The summed E-state index contributed by atoms with van der Waals surface area (Å²) in [6.07, 6.45) is 32.8. The topological polar surface area (TPSA) is 407 Å². The lowest BCUT2D eigenvalue weighted by Crippen LogP contribution is -2.28. The Balaban J connectivity index is 0.000000106. The van der Waals surface area contributed by atoms with Crippen LogP contribution in [0.1, 0.15) is 134 Å². The number of rotatable bonds is 17. The van der Waals surface area contributed by atoms with Gasteiger partial charge in [0.1, 0.15) is 56.7 Å². The van der Waals surface area contributed by atoms with Gasteiger partial charge in [0.15, 0.2) is 0 Å². The van der Waals surface area contributed by atoms with Crippen molar-refractivity contribution in [1.29, 1.82) is 0 Å². The zero-order valence-corrected chi connectivity index (χ0v) is 86.0. The van der Waals surface area contributed by atoms with Gasteiger partial charge in [-0.05, 0) is 250 Å². The van der Waals surface area contributed by atoms with E-state index in [4.69, 9.17) is 30.8 Å². The van der Waals surface area contributed by atoms with Crippen molar-refractivity contribution >= 4 is 84.0 Å². The molecular formula is C112H121N33O5. The van der Waals surface area contributed by atoms with Gasteiger partial charge < -0.3 is 41.7 Å². The number of nitrogens with one attached hydrogen (secondary N) is 4. The van der Waals surface area contributed by atoms with Gasteiger partial charge in [-0.15, -0.1) is 0 Å². The van der Waals surface area contributed by atoms with Gasteiger partial charge in [0.2, 0.25) is 0 Å². The third-order valence-electron chi connectivity index (χ3n) is 28.9. The Morgan fingerprint density at radius 2 is 0.680 bits per heavy atom. The molecule has 20 aromatic rings. The smallest absolute Gasteiger partial charge is 0.258 e. The maximum absolute atomic E-state index is 13.0. The average Bonchev–Trinajstić information content (AvgIpc) is 1.62. The van der Waals surface area contributed by atoms with E-state index in [-0.39, 0.29) is 27.8 Å². The van der Waals surface area contributed by atoms with E-state index in [1.807, 2.05) is 207 Å². The minimum atomic E-state index is -0.121. The number of hydrogen-bond donors (Lipinski definition) is 5. The molecule has 26 heterocycles.